The summed E-state index contributed by atoms with van der Waals surface area (Å²) in [6.07, 6.45) is 3.14. The van der Waals surface area contributed by atoms with Gasteiger partial charge in [0.25, 0.3) is 5.91 Å². The summed E-state index contributed by atoms with van der Waals surface area (Å²) >= 11 is 0. The molecule has 6 nitrogen and oxygen atoms in total. The number of piperidine rings is 1. The number of amides is 1. The topological polar surface area (TPSA) is 71.2 Å². The zero-order valence-corrected chi connectivity index (χ0v) is 13.9. The summed E-state index contributed by atoms with van der Waals surface area (Å²) in [7, 11) is 0. The summed E-state index contributed by atoms with van der Waals surface area (Å²) in [5, 5.41) is 18.1. The molecule has 0 unspecified atom stereocenters. The first-order valence-electron chi connectivity index (χ1n) is 8.63. The van der Waals surface area contributed by atoms with Gasteiger partial charge in [0.1, 0.15) is 0 Å². The van der Waals surface area contributed by atoms with Crippen LogP contribution in [0.15, 0.2) is 24.3 Å². The minimum Gasteiger partial charge on any atom is -0.393 e. The van der Waals surface area contributed by atoms with Gasteiger partial charge >= 0.3 is 0 Å². The largest absolute Gasteiger partial charge is 0.393 e. The fourth-order valence-electron chi connectivity index (χ4n) is 3.26. The Hall–Kier alpha value is -2.21. The molecule has 2 aliphatic rings. The van der Waals surface area contributed by atoms with Crippen LogP contribution in [-0.4, -0.2) is 50.1 Å². The van der Waals surface area contributed by atoms with Gasteiger partial charge < -0.3 is 10.0 Å². The van der Waals surface area contributed by atoms with Crippen LogP contribution < -0.4 is 0 Å². The summed E-state index contributed by atoms with van der Waals surface area (Å²) < 4.78 is 1.82. The lowest BCUT2D eigenvalue weighted by atomic mass is 10.1. The van der Waals surface area contributed by atoms with Gasteiger partial charge in [-0.15, -0.1) is 5.10 Å². The van der Waals surface area contributed by atoms with Crippen molar-refractivity contribution in [2.75, 3.05) is 13.1 Å². The number of aromatic nitrogens is 3. The van der Waals surface area contributed by atoms with Crippen molar-refractivity contribution < 1.29 is 9.90 Å². The quantitative estimate of drug-likeness (QED) is 0.937. The third-order valence-corrected chi connectivity index (χ3v) is 4.90. The number of carbonyl (C=O) groups excluding carboxylic acids is 1. The Kier molecular flexibility index (Phi) is 3.84. The van der Waals surface area contributed by atoms with Crippen LogP contribution in [0.2, 0.25) is 0 Å². The van der Waals surface area contributed by atoms with E-state index in [-0.39, 0.29) is 12.0 Å². The number of aliphatic hydroxyl groups excluding tert-OH is 1. The molecule has 1 aliphatic heterocycles. The second-order valence-corrected chi connectivity index (χ2v) is 6.87. The molecular formula is C18H22N4O2. The van der Waals surface area contributed by atoms with Crippen LogP contribution in [0.3, 0.4) is 0 Å². The van der Waals surface area contributed by atoms with Crippen molar-refractivity contribution in [2.45, 2.75) is 44.6 Å². The van der Waals surface area contributed by atoms with E-state index in [0.29, 0.717) is 37.5 Å². The fourth-order valence-corrected chi connectivity index (χ4v) is 3.26. The van der Waals surface area contributed by atoms with Gasteiger partial charge in [-0.25, -0.2) is 4.68 Å². The second kappa shape index (κ2) is 6.02. The predicted octanol–water partition coefficient (Wildman–Crippen LogP) is 2.05. The molecule has 0 spiro atoms. The first-order chi connectivity index (χ1) is 11.6. The average Bonchev–Trinajstić information content (AvgIpc) is 3.34. The number of aliphatic hydroxyl groups is 1. The van der Waals surface area contributed by atoms with Gasteiger partial charge in [0, 0.05) is 19.0 Å². The Morgan fingerprint density at radius 2 is 1.79 bits per heavy atom. The lowest BCUT2D eigenvalue weighted by Gasteiger charge is -2.29. The third kappa shape index (κ3) is 2.82. The Morgan fingerprint density at radius 1 is 1.12 bits per heavy atom. The van der Waals surface area contributed by atoms with Crippen molar-refractivity contribution in [1.82, 2.24) is 19.9 Å². The SMILES string of the molecule is Cc1ccc(-n2nnc(C(=O)N3CCC(O)CC3)c2C2CC2)cc1. The van der Waals surface area contributed by atoms with Gasteiger partial charge in [-0.2, -0.15) is 0 Å². The summed E-state index contributed by atoms with van der Waals surface area (Å²) in [6, 6.07) is 8.12. The molecule has 2 heterocycles. The van der Waals surface area contributed by atoms with E-state index in [9.17, 15) is 9.90 Å². The Balaban J connectivity index is 1.66. The highest BCUT2D eigenvalue weighted by Crippen LogP contribution is 2.42. The minimum atomic E-state index is -0.291. The molecule has 1 saturated carbocycles. The lowest BCUT2D eigenvalue weighted by molar-refractivity contribution is 0.0540. The van der Waals surface area contributed by atoms with Gasteiger partial charge in [-0.1, -0.05) is 22.9 Å². The highest BCUT2D eigenvalue weighted by atomic mass is 16.3. The van der Waals surface area contributed by atoms with Crippen molar-refractivity contribution >= 4 is 5.91 Å². The van der Waals surface area contributed by atoms with Crippen LogP contribution in [0, 0.1) is 6.92 Å². The lowest BCUT2D eigenvalue weighted by Crippen LogP contribution is -2.40. The molecule has 1 aromatic carbocycles. The van der Waals surface area contributed by atoms with E-state index in [1.807, 2.05) is 35.9 Å². The van der Waals surface area contributed by atoms with E-state index in [0.717, 1.165) is 24.2 Å². The average molecular weight is 326 g/mol. The van der Waals surface area contributed by atoms with Crippen molar-refractivity contribution in [1.29, 1.82) is 0 Å². The summed E-state index contributed by atoms with van der Waals surface area (Å²) in [5.41, 5.74) is 3.56. The van der Waals surface area contributed by atoms with Gasteiger partial charge in [-0.3, -0.25) is 4.79 Å². The second-order valence-electron chi connectivity index (χ2n) is 6.87. The maximum absolute atomic E-state index is 12.9. The maximum Gasteiger partial charge on any atom is 0.276 e. The first-order valence-corrected chi connectivity index (χ1v) is 8.63. The van der Waals surface area contributed by atoms with Gasteiger partial charge in [0.05, 0.1) is 17.5 Å². The Morgan fingerprint density at radius 3 is 2.42 bits per heavy atom. The van der Waals surface area contributed by atoms with E-state index >= 15 is 0 Å². The molecule has 1 N–H and O–H groups in total. The molecule has 0 atom stereocenters. The maximum atomic E-state index is 12.9. The molecule has 24 heavy (non-hydrogen) atoms. The molecule has 6 heteroatoms. The molecule has 1 aliphatic carbocycles. The van der Waals surface area contributed by atoms with Crippen molar-refractivity contribution in [3.8, 4) is 5.69 Å². The van der Waals surface area contributed by atoms with Crippen molar-refractivity contribution in [2.24, 2.45) is 0 Å². The van der Waals surface area contributed by atoms with E-state index in [1.54, 1.807) is 4.90 Å². The minimum absolute atomic E-state index is 0.0536. The molecule has 126 valence electrons. The standard InChI is InChI=1S/C18H22N4O2/c1-12-2-6-14(7-3-12)22-17(13-4-5-13)16(19-20-22)18(24)21-10-8-15(23)9-11-21/h2-3,6-7,13,15,23H,4-5,8-11H2,1H3. The molecule has 2 aromatic rings. The number of likely N-dealkylation sites (tertiary alicyclic amines) is 1. The number of hydrogen-bond donors (Lipinski definition) is 1. The van der Waals surface area contributed by atoms with Crippen LogP contribution in [0.5, 0.6) is 0 Å². The van der Waals surface area contributed by atoms with E-state index < -0.39 is 0 Å². The number of carbonyl (C=O) groups is 1. The molecule has 0 bridgehead atoms. The smallest absolute Gasteiger partial charge is 0.276 e. The first kappa shape index (κ1) is 15.3. The third-order valence-electron chi connectivity index (χ3n) is 4.90. The van der Waals surface area contributed by atoms with Crippen LogP contribution in [0.1, 0.15) is 53.3 Å². The zero-order valence-electron chi connectivity index (χ0n) is 13.9. The molecule has 4 rings (SSSR count). The molecule has 0 radical (unpaired) electrons. The fraction of sp³-hybridized carbons (Fsp3) is 0.500. The summed E-state index contributed by atoms with van der Waals surface area (Å²) in [4.78, 5) is 14.7. The number of benzene rings is 1. The number of hydrogen-bond acceptors (Lipinski definition) is 4. The van der Waals surface area contributed by atoms with Gasteiger partial charge in [-0.05, 0) is 44.7 Å². The normalized spacial score (nSPS) is 18.8. The molecular weight excluding hydrogens is 304 g/mol. The Labute approximate surface area is 141 Å². The van der Waals surface area contributed by atoms with Crippen molar-refractivity contribution in [3.63, 3.8) is 0 Å². The zero-order chi connectivity index (χ0) is 16.7. The molecule has 1 amide bonds. The van der Waals surface area contributed by atoms with Crippen LogP contribution >= 0.6 is 0 Å². The predicted molar refractivity (Wildman–Crippen MR) is 89.2 cm³/mol. The highest BCUT2D eigenvalue weighted by molar-refractivity contribution is 5.93. The van der Waals surface area contributed by atoms with Crippen molar-refractivity contribution in [3.05, 3.63) is 41.2 Å². The van der Waals surface area contributed by atoms with Crippen LogP contribution in [0.4, 0.5) is 0 Å². The van der Waals surface area contributed by atoms with Crippen LogP contribution in [-0.2, 0) is 0 Å². The number of rotatable bonds is 3. The number of aryl methyl sites for hydroxylation is 1. The van der Waals surface area contributed by atoms with E-state index in [1.165, 1.54) is 5.56 Å². The Bertz CT molecular complexity index is 741. The van der Waals surface area contributed by atoms with Gasteiger partial charge in [0.15, 0.2) is 5.69 Å². The highest BCUT2D eigenvalue weighted by Gasteiger charge is 2.36. The van der Waals surface area contributed by atoms with Gasteiger partial charge in [0.2, 0.25) is 0 Å². The van der Waals surface area contributed by atoms with E-state index in [4.69, 9.17) is 0 Å². The summed E-state index contributed by atoms with van der Waals surface area (Å²) in [6.45, 7) is 3.22. The molecule has 1 saturated heterocycles. The number of nitrogens with zero attached hydrogens (tertiary/aromatic N) is 4. The molecule has 2 fully saturated rings. The van der Waals surface area contributed by atoms with E-state index in [2.05, 4.69) is 10.3 Å². The molecule has 1 aromatic heterocycles. The summed E-state index contributed by atoms with van der Waals surface area (Å²) in [5.74, 6) is 0.317. The van der Waals surface area contributed by atoms with Crippen LogP contribution in [0.25, 0.3) is 5.69 Å². The monoisotopic (exact) mass is 326 g/mol.